The minimum absolute atomic E-state index is 1.07. The highest BCUT2D eigenvalue weighted by Gasteiger charge is 2.05. The Morgan fingerprint density at radius 2 is 2.00 bits per heavy atom. The Labute approximate surface area is 62.4 Å². The molecule has 0 saturated heterocycles. The van der Waals surface area contributed by atoms with E-state index in [2.05, 4.69) is 19.9 Å². The summed E-state index contributed by atoms with van der Waals surface area (Å²) in [6, 6.07) is 0. The van der Waals surface area contributed by atoms with Crippen LogP contribution in [0.25, 0.3) is 0 Å². The Balaban J connectivity index is 2.76. The quantitative estimate of drug-likeness (QED) is 0.541. The standard InChI is InChI=1S/C9H14O/c1-7-4-5-9(10-3)6-8(7)2/h6H,4-5H2,1-3H3. The van der Waals surface area contributed by atoms with Crippen molar-refractivity contribution in [3.05, 3.63) is 23.0 Å². The van der Waals surface area contributed by atoms with Gasteiger partial charge in [-0.2, -0.15) is 0 Å². The molecular formula is C9H14O. The Bertz CT molecular complexity index is 187. The first-order chi connectivity index (χ1) is 4.74. The van der Waals surface area contributed by atoms with Crippen molar-refractivity contribution in [1.29, 1.82) is 0 Å². The van der Waals surface area contributed by atoms with Crippen LogP contribution in [0.4, 0.5) is 0 Å². The van der Waals surface area contributed by atoms with E-state index in [0.717, 1.165) is 18.6 Å². The molecule has 1 aliphatic rings. The predicted octanol–water partition coefficient (Wildman–Crippen LogP) is 2.65. The van der Waals surface area contributed by atoms with Gasteiger partial charge in [0.25, 0.3) is 0 Å². The SMILES string of the molecule is COC1=CC(C)=C(C)CC1. The van der Waals surface area contributed by atoms with Crippen molar-refractivity contribution in [2.45, 2.75) is 26.7 Å². The monoisotopic (exact) mass is 138 g/mol. The lowest BCUT2D eigenvalue weighted by Crippen LogP contribution is -1.96. The summed E-state index contributed by atoms with van der Waals surface area (Å²) in [6.07, 6.45) is 4.35. The van der Waals surface area contributed by atoms with Gasteiger partial charge < -0.3 is 4.74 Å². The van der Waals surface area contributed by atoms with E-state index in [-0.39, 0.29) is 0 Å². The number of ether oxygens (including phenoxy) is 1. The molecule has 0 N–H and O–H groups in total. The summed E-state index contributed by atoms with van der Waals surface area (Å²) in [6.45, 7) is 4.31. The highest BCUT2D eigenvalue weighted by atomic mass is 16.5. The molecule has 1 aliphatic carbocycles. The Kier molecular flexibility index (Phi) is 2.15. The van der Waals surface area contributed by atoms with Gasteiger partial charge in [0.05, 0.1) is 12.9 Å². The van der Waals surface area contributed by atoms with Crippen molar-refractivity contribution in [1.82, 2.24) is 0 Å². The average Bonchev–Trinajstić information content (AvgIpc) is 1.95. The normalized spacial score (nSPS) is 18.9. The first-order valence-corrected chi connectivity index (χ1v) is 3.65. The van der Waals surface area contributed by atoms with Gasteiger partial charge in [-0.3, -0.25) is 0 Å². The molecule has 0 saturated carbocycles. The molecule has 1 nitrogen and oxygen atoms in total. The van der Waals surface area contributed by atoms with Crippen LogP contribution in [0.15, 0.2) is 23.0 Å². The fourth-order valence-electron chi connectivity index (χ4n) is 1.11. The lowest BCUT2D eigenvalue weighted by molar-refractivity contribution is 0.275. The molecule has 0 aromatic carbocycles. The Hall–Kier alpha value is -0.720. The van der Waals surface area contributed by atoms with Gasteiger partial charge in [-0.15, -0.1) is 0 Å². The topological polar surface area (TPSA) is 9.23 Å². The highest BCUT2D eigenvalue weighted by Crippen LogP contribution is 2.22. The van der Waals surface area contributed by atoms with Crippen LogP contribution >= 0.6 is 0 Å². The van der Waals surface area contributed by atoms with Gasteiger partial charge >= 0.3 is 0 Å². The van der Waals surface area contributed by atoms with E-state index in [1.807, 2.05) is 0 Å². The second kappa shape index (κ2) is 2.91. The van der Waals surface area contributed by atoms with E-state index in [9.17, 15) is 0 Å². The van der Waals surface area contributed by atoms with Crippen LogP contribution in [-0.4, -0.2) is 7.11 Å². The number of hydrogen-bond donors (Lipinski definition) is 0. The summed E-state index contributed by atoms with van der Waals surface area (Å²) in [4.78, 5) is 0. The summed E-state index contributed by atoms with van der Waals surface area (Å²) in [5.74, 6) is 1.11. The number of allylic oxidation sites excluding steroid dienone is 4. The first-order valence-electron chi connectivity index (χ1n) is 3.65. The van der Waals surface area contributed by atoms with Gasteiger partial charge in [-0.05, 0) is 31.9 Å². The van der Waals surface area contributed by atoms with Gasteiger partial charge in [-0.25, -0.2) is 0 Å². The molecule has 0 aromatic heterocycles. The highest BCUT2D eigenvalue weighted by molar-refractivity contribution is 5.28. The number of methoxy groups -OCH3 is 1. The van der Waals surface area contributed by atoms with E-state index >= 15 is 0 Å². The van der Waals surface area contributed by atoms with Crippen molar-refractivity contribution >= 4 is 0 Å². The maximum atomic E-state index is 5.14. The van der Waals surface area contributed by atoms with Gasteiger partial charge in [0.2, 0.25) is 0 Å². The van der Waals surface area contributed by atoms with Crippen molar-refractivity contribution in [2.24, 2.45) is 0 Å². The summed E-state index contributed by atoms with van der Waals surface area (Å²) in [5, 5.41) is 0. The molecule has 0 bridgehead atoms. The van der Waals surface area contributed by atoms with Crippen molar-refractivity contribution < 1.29 is 4.74 Å². The van der Waals surface area contributed by atoms with Crippen LogP contribution in [0.5, 0.6) is 0 Å². The zero-order chi connectivity index (χ0) is 7.56. The van der Waals surface area contributed by atoms with Crippen molar-refractivity contribution in [3.63, 3.8) is 0 Å². The molecular weight excluding hydrogens is 124 g/mol. The fourth-order valence-corrected chi connectivity index (χ4v) is 1.11. The van der Waals surface area contributed by atoms with Crippen LogP contribution < -0.4 is 0 Å². The van der Waals surface area contributed by atoms with Crippen LogP contribution in [0.1, 0.15) is 26.7 Å². The molecule has 0 heterocycles. The van der Waals surface area contributed by atoms with Crippen molar-refractivity contribution in [3.8, 4) is 0 Å². The summed E-state index contributed by atoms with van der Waals surface area (Å²) in [5.41, 5.74) is 2.85. The first kappa shape index (κ1) is 7.39. The number of rotatable bonds is 1. The van der Waals surface area contributed by atoms with E-state index in [0.29, 0.717) is 0 Å². The van der Waals surface area contributed by atoms with E-state index < -0.39 is 0 Å². The molecule has 0 amide bonds. The molecule has 0 spiro atoms. The lowest BCUT2D eigenvalue weighted by Gasteiger charge is -2.13. The molecule has 56 valence electrons. The van der Waals surface area contributed by atoms with Gasteiger partial charge in [0.1, 0.15) is 0 Å². The zero-order valence-corrected chi connectivity index (χ0v) is 6.90. The molecule has 1 rings (SSSR count). The zero-order valence-electron chi connectivity index (χ0n) is 6.90. The van der Waals surface area contributed by atoms with Gasteiger partial charge in [0, 0.05) is 6.42 Å². The van der Waals surface area contributed by atoms with E-state index in [4.69, 9.17) is 4.74 Å². The van der Waals surface area contributed by atoms with Crippen molar-refractivity contribution in [2.75, 3.05) is 7.11 Å². The predicted molar refractivity (Wildman–Crippen MR) is 42.7 cm³/mol. The molecule has 10 heavy (non-hydrogen) atoms. The second-order valence-corrected chi connectivity index (χ2v) is 2.78. The molecule has 0 fully saturated rings. The fraction of sp³-hybridized carbons (Fsp3) is 0.556. The van der Waals surface area contributed by atoms with E-state index in [1.165, 1.54) is 11.1 Å². The Morgan fingerprint density at radius 1 is 1.30 bits per heavy atom. The minimum atomic E-state index is 1.07. The molecule has 0 atom stereocenters. The maximum absolute atomic E-state index is 5.14. The van der Waals surface area contributed by atoms with Crippen LogP contribution in [0.2, 0.25) is 0 Å². The van der Waals surface area contributed by atoms with Gasteiger partial charge in [-0.1, -0.05) is 5.57 Å². The largest absolute Gasteiger partial charge is 0.501 e. The van der Waals surface area contributed by atoms with Crippen LogP contribution in [0, 0.1) is 0 Å². The molecule has 0 unspecified atom stereocenters. The summed E-state index contributed by atoms with van der Waals surface area (Å²) < 4.78 is 5.14. The maximum Gasteiger partial charge on any atom is 0.0961 e. The third kappa shape index (κ3) is 1.41. The Morgan fingerprint density at radius 3 is 2.50 bits per heavy atom. The van der Waals surface area contributed by atoms with Crippen LogP contribution in [0.3, 0.4) is 0 Å². The average molecular weight is 138 g/mol. The number of hydrogen-bond acceptors (Lipinski definition) is 1. The van der Waals surface area contributed by atoms with Gasteiger partial charge in [0.15, 0.2) is 0 Å². The smallest absolute Gasteiger partial charge is 0.0961 e. The minimum Gasteiger partial charge on any atom is -0.501 e. The third-order valence-corrected chi connectivity index (χ3v) is 2.06. The molecule has 1 heteroatoms. The molecule has 0 aliphatic heterocycles. The van der Waals surface area contributed by atoms with Crippen LogP contribution in [-0.2, 0) is 4.74 Å². The van der Waals surface area contributed by atoms with E-state index in [1.54, 1.807) is 7.11 Å². The molecule has 0 aromatic rings. The summed E-state index contributed by atoms with van der Waals surface area (Å²) in [7, 11) is 1.74. The third-order valence-electron chi connectivity index (χ3n) is 2.06. The summed E-state index contributed by atoms with van der Waals surface area (Å²) >= 11 is 0. The second-order valence-electron chi connectivity index (χ2n) is 2.78. The lowest BCUT2D eigenvalue weighted by atomic mass is 9.99. The molecule has 0 radical (unpaired) electrons.